The van der Waals surface area contributed by atoms with Crippen molar-refractivity contribution in [3.63, 3.8) is 0 Å². The largest absolute Gasteiger partial charge is 0.393 e. The van der Waals surface area contributed by atoms with Crippen LogP contribution in [0.5, 0.6) is 0 Å². The van der Waals surface area contributed by atoms with Crippen LogP contribution in [0.2, 0.25) is 10.0 Å². The van der Waals surface area contributed by atoms with E-state index in [0.29, 0.717) is 22.4 Å². The maximum Gasteiger partial charge on any atom is 0.225 e. The van der Waals surface area contributed by atoms with Gasteiger partial charge in [-0.2, -0.15) is 0 Å². The molecule has 5 heteroatoms. The summed E-state index contributed by atoms with van der Waals surface area (Å²) >= 11 is 12.1. The number of halogens is 2. The first-order valence-corrected chi connectivity index (χ1v) is 8.55. The maximum absolute atomic E-state index is 12.6. The Labute approximate surface area is 142 Å². The quantitative estimate of drug-likeness (QED) is 0.903. The molecule has 22 heavy (non-hydrogen) atoms. The number of carbonyl (C=O) groups excluding carboxylic acids is 1. The first kappa shape index (κ1) is 17.6. The predicted octanol–water partition coefficient (Wildman–Crippen LogP) is 3.79. The van der Waals surface area contributed by atoms with Gasteiger partial charge in [-0.1, -0.05) is 36.2 Å². The Hall–Kier alpha value is -0.770. The van der Waals surface area contributed by atoms with Crippen LogP contribution in [0.1, 0.15) is 32.3 Å². The van der Waals surface area contributed by atoms with Crippen molar-refractivity contribution in [2.24, 2.45) is 11.8 Å². The molecule has 0 aliphatic carbocycles. The molecule has 0 saturated carbocycles. The maximum atomic E-state index is 12.6. The average molecular weight is 344 g/mol. The van der Waals surface area contributed by atoms with Crippen molar-refractivity contribution in [3.05, 3.63) is 33.8 Å². The zero-order valence-electron chi connectivity index (χ0n) is 13.1. The van der Waals surface area contributed by atoms with Crippen LogP contribution in [0, 0.1) is 11.8 Å². The summed E-state index contributed by atoms with van der Waals surface area (Å²) in [6.07, 6.45) is 2.07. The summed E-state index contributed by atoms with van der Waals surface area (Å²) in [5, 5.41) is 10.8. The molecule has 2 atom stereocenters. The van der Waals surface area contributed by atoms with E-state index in [2.05, 4.69) is 0 Å². The van der Waals surface area contributed by atoms with Crippen molar-refractivity contribution < 1.29 is 9.90 Å². The summed E-state index contributed by atoms with van der Waals surface area (Å²) in [6.45, 7) is 5.22. The summed E-state index contributed by atoms with van der Waals surface area (Å²) in [7, 11) is 0. The third kappa shape index (κ3) is 4.37. The minimum atomic E-state index is -0.289. The molecule has 1 aliphatic rings. The van der Waals surface area contributed by atoms with Crippen LogP contribution in [-0.4, -0.2) is 35.1 Å². The number of hydrogen-bond acceptors (Lipinski definition) is 2. The van der Waals surface area contributed by atoms with Crippen molar-refractivity contribution in [3.8, 4) is 0 Å². The van der Waals surface area contributed by atoms with Gasteiger partial charge in [-0.15, -0.1) is 0 Å². The molecule has 0 spiro atoms. The van der Waals surface area contributed by atoms with E-state index in [1.165, 1.54) is 0 Å². The van der Waals surface area contributed by atoms with Crippen molar-refractivity contribution in [2.75, 3.05) is 13.1 Å². The van der Waals surface area contributed by atoms with E-state index in [-0.39, 0.29) is 17.9 Å². The summed E-state index contributed by atoms with van der Waals surface area (Å²) < 4.78 is 0. The van der Waals surface area contributed by atoms with Crippen LogP contribution in [0.15, 0.2) is 18.2 Å². The highest BCUT2D eigenvalue weighted by Gasteiger charge is 2.28. The van der Waals surface area contributed by atoms with E-state index >= 15 is 0 Å². The van der Waals surface area contributed by atoms with Gasteiger partial charge in [0.25, 0.3) is 0 Å². The van der Waals surface area contributed by atoms with E-state index in [0.717, 1.165) is 31.5 Å². The molecule has 0 aromatic heterocycles. The first-order valence-electron chi connectivity index (χ1n) is 7.79. The van der Waals surface area contributed by atoms with E-state index in [1.807, 2.05) is 24.8 Å². The highest BCUT2D eigenvalue weighted by Crippen LogP contribution is 2.26. The third-order valence-electron chi connectivity index (χ3n) is 4.50. The van der Waals surface area contributed by atoms with Crippen molar-refractivity contribution in [1.29, 1.82) is 0 Å². The highest BCUT2D eigenvalue weighted by atomic mass is 35.5. The van der Waals surface area contributed by atoms with Crippen LogP contribution in [0.3, 0.4) is 0 Å². The summed E-state index contributed by atoms with van der Waals surface area (Å²) in [4.78, 5) is 14.5. The van der Waals surface area contributed by atoms with Gasteiger partial charge in [0.05, 0.1) is 6.10 Å². The fraction of sp³-hybridized carbons (Fsp3) is 0.588. The molecule has 1 fully saturated rings. The lowest BCUT2D eigenvalue weighted by molar-refractivity contribution is -0.136. The Bertz CT molecular complexity index is 525. The topological polar surface area (TPSA) is 40.5 Å². The lowest BCUT2D eigenvalue weighted by Gasteiger charge is -2.34. The molecular formula is C17H23Cl2NO2. The van der Waals surface area contributed by atoms with Gasteiger partial charge in [0, 0.05) is 29.1 Å². The zero-order chi connectivity index (χ0) is 16.3. The molecule has 1 N–H and O–H groups in total. The molecule has 1 aromatic rings. The molecule has 0 radical (unpaired) electrons. The number of hydrogen-bond donors (Lipinski definition) is 1. The molecule has 1 saturated heterocycles. The van der Waals surface area contributed by atoms with Crippen LogP contribution >= 0.6 is 23.2 Å². The number of aliphatic hydroxyl groups is 1. The van der Waals surface area contributed by atoms with Crippen LogP contribution in [0.25, 0.3) is 0 Å². The molecular weight excluding hydrogens is 321 g/mol. The average Bonchev–Trinajstić information content (AvgIpc) is 2.49. The molecule has 3 nitrogen and oxygen atoms in total. The number of aliphatic hydroxyl groups excluding tert-OH is 1. The second-order valence-corrected chi connectivity index (χ2v) is 7.09. The molecule has 2 rings (SSSR count). The second kappa shape index (κ2) is 7.67. The van der Waals surface area contributed by atoms with Gasteiger partial charge in [-0.05, 0) is 49.8 Å². The number of likely N-dealkylation sites (tertiary alicyclic amines) is 1. The van der Waals surface area contributed by atoms with Gasteiger partial charge in [0.1, 0.15) is 0 Å². The molecule has 1 aliphatic heterocycles. The second-order valence-electron chi connectivity index (χ2n) is 6.24. The number of piperidine rings is 1. The summed E-state index contributed by atoms with van der Waals surface area (Å²) in [5.74, 6) is 0.363. The number of nitrogens with zero attached hydrogens (tertiary/aromatic N) is 1. The van der Waals surface area contributed by atoms with E-state index in [4.69, 9.17) is 23.2 Å². The van der Waals surface area contributed by atoms with Crippen LogP contribution in [-0.2, 0) is 11.2 Å². The van der Waals surface area contributed by atoms with E-state index in [1.54, 1.807) is 12.1 Å². The van der Waals surface area contributed by atoms with Gasteiger partial charge in [-0.3, -0.25) is 4.79 Å². The van der Waals surface area contributed by atoms with E-state index in [9.17, 15) is 9.90 Å². The van der Waals surface area contributed by atoms with Crippen LogP contribution < -0.4 is 0 Å². The Kier molecular flexibility index (Phi) is 6.13. The van der Waals surface area contributed by atoms with Crippen LogP contribution in [0.4, 0.5) is 0 Å². The lowest BCUT2D eigenvalue weighted by Crippen LogP contribution is -2.43. The normalized spacial score (nSPS) is 19.0. The summed E-state index contributed by atoms with van der Waals surface area (Å²) in [6, 6.07) is 5.39. The zero-order valence-corrected chi connectivity index (χ0v) is 14.6. The number of rotatable bonds is 4. The summed E-state index contributed by atoms with van der Waals surface area (Å²) in [5.41, 5.74) is 0.950. The van der Waals surface area contributed by atoms with Crippen molar-refractivity contribution in [2.45, 2.75) is 39.2 Å². The van der Waals surface area contributed by atoms with Gasteiger partial charge in [0.15, 0.2) is 0 Å². The van der Waals surface area contributed by atoms with Crippen molar-refractivity contribution in [1.82, 2.24) is 4.90 Å². The Morgan fingerprint density at radius 3 is 2.50 bits per heavy atom. The Morgan fingerprint density at radius 2 is 1.95 bits per heavy atom. The Balaban J connectivity index is 1.92. The molecule has 122 valence electrons. The molecule has 1 aromatic carbocycles. The third-order valence-corrected chi connectivity index (χ3v) is 5.08. The minimum absolute atomic E-state index is 0.109. The molecule has 0 bridgehead atoms. The fourth-order valence-corrected chi connectivity index (χ4v) is 3.50. The molecule has 1 amide bonds. The smallest absolute Gasteiger partial charge is 0.225 e. The van der Waals surface area contributed by atoms with Crippen molar-refractivity contribution >= 4 is 29.1 Å². The fourth-order valence-electron chi connectivity index (χ4n) is 3.02. The van der Waals surface area contributed by atoms with Gasteiger partial charge >= 0.3 is 0 Å². The highest BCUT2D eigenvalue weighted by molar-refractivity contribution is 6.35. The molecule has 1 heterocycles. The monoisotopic (exact) mass is 343 g/mol. The number of amides is 1. The Morgan fingerprint density at radius 1 is 1.32 bits per heavy atom. The minimum Gasteiger partial charge on any atom is -0.393 e. The van der Waals surface area contributed by atoms with Gasteiger partial charge in [-0.25, -0.2) is 0 Å². The first-order chi connectivity index (χ1) is 10.4. The number of carbonyl (C=O) groups is 1. The standard InChI is InChI=1S/C17H23Cl2NO2/c1-11(9-14-3-4-15(18)10-16(14)19)17(22)20-7-5-13(6-8-20)12(2)21/h3-4,10-13,21H,5-9H2,1-2H3. The van der Waals surface area contributed by atoms with Gasteiger partial charge < -0.3 is 10.0 Å². The SMILES string of the molecule is CC(Cc1ccc(Cl)cc1Cl)C(=O)N1CCC(C(C)O)CC1. The molecule has 2 unspecified atom stereocenters. The predicted molar refractivity (Wildman–Crippen MR) is 90.3 cm³/mol. The van der Waals surface area contributed by atoms with E-state index < -0.39 is 0 Å². The van der Waals surface area contributed by atoms with Gasteiger partial charge in [0.2, 0.25) is 5.91 Å². The number of benzene rings is 1. The lowest BCUT2D eigenvalue weighted by atomic mass is 9.91.